The summed E-state index contributed by atoms with van der Waals surface area (Å²) in [5, 5.41) is 8.75. The van der Waals surface area contributed by atoms with E-state index < -0.39 is 0 Å². The van der Waals surface area contributed by atoms with Crippen molar-refractivity contribution in [2.24, 2.45) is 0 Å². The zero-order valence-corrected chi connectivity index (χ0v) is 16.4. The first-order chi connectivity index (χ1) is 14.3. The van der Waals surface area contributed by atoms with Gasteiger partial charge < -0.3 is 0 Å². The molecule has 0 unspecified atom stereocenters. The Kier molecular flexibility index (Phi) is 5.07. The van der Waals surface area contributed by atoms with Crippen molar-refractivity contribution in [2.75, 3.05) is 13.2 Å². The number of hydrogen-bond donors (Lipinski definition) is 0. The van der Waals surface area contributed by atoms with Crippen LogP contribution in [0.2, 0.25) is 0 Å². The third kappa shape index (κ3) is 4.06. The molecule has 1 aliphatic rings. The summed E-state index contributed by atoms with van der Waals surface area (Å²) >= 11 is 0. The molecule has 1 fully saturated rings. The number of hydrogen-bond acceptors (Lipinski definition) is 4. The number of rotatable bonds is 6. The average molecular weight is 383 g/mol. The van der Waals surface area contributed by atoms with E-state index in [9.17, 15) is 0 Å². The molecule has 1 atom stereocenters. The van der Waals surface area contributed by atoms with Gasteiger partial charge in [0.2, 0.25) is 0 Å². The van der Waals surface area contributed by atoms with Crippen molar-refractivity contribution in [3.8, 4) is 0 Å². The molecule has 3 aromatic carbocycles. The second kappa shape index (κ2) is 8.15. The molecule has 0 bridgehead atoms. The molecule has 0 spiro atoms. The number of nitrogens with zero attached hydrogens (tertiary/aromatic N) is 5. The van der Waals surface area contributed by atoms with Crippen LogP contribution in [0.3, 0.4) is 0 Å². The quantitative estimate of drug-likeness (QED) is 0.508. The zero-order chi connectivity index (χ0) is 19.5. The summed E-state index contributed by atoms with van der Waals surface area (Å²) in [6, 6.07) is 30.1. The van der Waals surface area contributed by atoms with Crippen LogP contribution >= 0.6 is 0 Å². The molecule has 5 heteroatoms. The second-order valence-corrected chi connectivity index (χ2v) is 7.79. The number of benzene rings is 3. The summed E-state index contributed by atoms with van der Waals surface area (Å²) in [6.07, 6.45) is 1.04. The average Bonchev–Trinajstić information content (AvgIpc) is 3.34. The predicted molar refractivity (Wildman–Crippen MR) is 115 cm³/mol. The summed E-state index contributed by atoms with van der Waals surface area (Å²) < 4.78 is 2.03. The number of para-hydroxylation sites is 1. The first kappa shape index (κ1) is 18.0. The number of aromatic nitrogens is 3. The van der Waals surface area contributed by atoms with Crippen LogP contribution in [0.5, 0.6) is 0 Å². The van der Waals surface area contributed by atoms with Crippen molar-refractivity contribution in [1.82, 2.24) is 24.8 Å². The molecule has 146 valence electrons. The third-order valence-electron chi connectivity index (χ3n) is 5.67. The molecule has 2 heterocycles. The van der Waals surface area contributed by atoms with Gasteiger partial charge in [0, 0.05) is 19.1 Å². The molecule has 1 aromatic heterocycles. The summed E-state index contributed by atoms with van der Waals surface area (Å²) in [7, 11) is 0. The Hall–Kier alpha value is -3.02. The smallest absolute Gasteiger partial charge is 0.113 e. The molecular weight excluding hydrogens is 358 g/mol. The highest BCUT2D eigenvalue weighted by Gasteiger charge is 2.31. The molecule has 5 rings (SSSR count). The molecule has 0 amide bonds. The van der Waals surface area contributed by atoms with Gasteiger partial charge >= 0.3 is 0 Å². The fraction of sp³-hybridized carbons (Fsp3) is 0.250. The fourth-order valence-corrected chi connectivity index (χ4v) is 4.23. The molecule has 1 saturated heterocycles. The Morgan fingerprint density at radius 3 is 2.28 bits per heavy atom. The maximum absolute atomic E-state index is 4.42. The Morgan fingerprint density at radius 1 is 0.793 bits per heavy atom. The lowest BCUT2D eigenvalue weighted by Crippen LogP contribution is -2.34. The van der Waals surface area contributed by atoms with Gasteiger partial charge in [-0.1, -0.05) is 78.0 Å². The summed E-state index contributed by atoms with van der Waals surface area (Å²) in [6.45, 7) is 3.71. The lowest BCUT2D eigenvalue weighted by Gasteiger charge is -2.23. The highest BCUT2D eigenvalue weighted by molar-refractivity contribution is 5.73. The Labute approximate surface area is 171 Å². The maximum atomic E-state index is 4.42. The van der Waals surface area contributed by atoms with Crippen molar-refractivity contribution >= 4 is 11.0 Å². The monoisotopic (exact) mass is 383 g/mol. The summed E-state index contributed by atoms with van der Waals surface area (Å²) in [4.78, 5) is 5.05. The van der Waals surface area contributed by atoms with Crippen LogP contribution in [0.4, 0.5) is 0 Å². The van der Waals surface area contributed by atoms with E-state index in [1.165, 1.54) is 11.1 Å². The van der Waals surface area contributed by atoms with Crippen molar-refractivity contribution in [2.45, 2.75) is 25.7 Å². The van der Waals surface area contributed by atoms with Crippen molar-refractivity contribution < 1.29 is 0 Å². The first-order valence-electron chi connectivity index (χ1n) is 10.2. The van der Waals surface area contributed by atoms with Crippen LogP contribution in [0.25, 0.3) is 11.0 Å². The van der Waals surface area contributed by atoms with E-state index in [-0.39, 0.29) is 0 Å². The van der Waals surface area contributed by atoms with Gasteiger partial charge in [0.25, 0.3) is 0 Å². The van der Waals surface area contributed by atoms with Crippen LogP contribution in [-0.2, 0) is 19.6 Å². The topological polar surface area (TPSA) is 37.2 Å². The Balaban J connectivity index is 1.37. The molecule has 0 N–H and O–H groups in total. The lowest BCUT2D eigenvalue weighted by molar-refractivity contribution is 0.168. The molecule has 0 radical (unpaired) electrons. The third-order valence-corrected chi connectivity index (χ3v) is 5.67. The van der Waals surface area contributed by atoms with Gasteiger partial charge in [-0.25, -0.2) is 4.68 Å². The highest BCUT2D eigenvalue weighted by Crippen LogP contribution is 2.21. The standard InChI is InChI=1S/C24H25N5/c1-3-9-20(10-4-1)15-22-17-27(16-21-11-5-2-6-12-21)18-28(22)19-29-24-14-8-7-13-23(24)25-26-29/h1-14,22H,15-19H2/t22-/m0/s1. The molecule has 0 saturated carbocycles. The van der Waals surface area contributed by atoms with Gasteiger partial charge in [0.15, 0.2) is 0 Å². The minimum atomic E-state index is 0.448. The maximum Gasteiger partial charge on any atom is 0.113 e. The van der Waals surface area contributed by atoms with E-state index >= 15 is 0 Å². The van der Waals surface area contributed by atoms with Crippen LogP contribution in [0.15, 0.2) is 84.9 Å². The lowest BCUT2D eigenvalue weighted by atomic mass is 10.1. The van der Waals surface area contributed by atoms with E-state index in [0.717, 1.165) is 43.9 Å². The highest BCUT2D eigenvalue weighted by atomic mass is 15.5. The van der Waals surface area contributed by atoms with Crippen molar-refractivity contribution in [3.05, 3.63) is 96.1 Å². The van der Waals surface area contributed by atoms with Gasteiger partial charge in [-0.2, -0.15) is 0 Å². The van der Waals surface area contributed by atoms with E-state index in [0.29, 0.717) is 6.04 Å². The second-order valence-electron chi connectivity index (χ2n) is 7.79. The fourth-order valence-electron chi connectivity index (χ4n) is 4.23. The minimum absolute atomic E-state index is 0.448. The summed E-state index contributed by atoms with van der Waals surface area (Å²) in [5.74, 6) is 0. The van der Waals surface area contributed by atoms with Gasteiger partial charge in [-0.3, -0.25) is 9.80 Å². The van der Waals surface area contributed by atoms with Crippen molar-refractivity contribution in [3.63, 3.8) is 0 Å². The molecule has 4 aromatic rings. The van der Waals surface area contributed by atoms with E-state index in [4.69, 9.17) is 0 Å². The molecule has 5 nitrogen and oxygen atoms in total. The van der Waals surface area contributed by atoms with Gasteiger partial charge in [0.1, 0.15) is 5.52 Å². The molecular formula is C24H25N5. The summed E-state index contributed by atoms with van der Waals surface area (Å²) in [5.41, 5.74) is 4.78. The Bertz CT molecular complexity index is 1060. The van der Waals surface area contributed by atoms with E-state index in [2.05, 4.69) is 92.9 Å². The van der Waals surface area contributed by atoms with Crippen LogP contribution < -0.4 is 0 Å². The van der Waals surface area contributed by atoms with Gasteiger partial charge in [-0.05, 0) is 29.7 Å². The van der Waals surface area contributed by atoms with Gasteiger partial charge in [-0.15, -0.1) is 5.10 Å². The largest absolute Gasteiger partial charge is 0.285 e. The molecule has 0 aliphatic carbocycles. The van der Waals surface area contributed by atoms with Gasteiger partial charge in [0.05, 0.1) is 18.9 Å². The normalized spacial score (nSPS) is 17.9. The molecule has 29 heavy (non-hydrogen) atoms. The molecule has 1 aliphatic heterocycles. The number of fused-ring (bicyclic) bond motifs is 1. The first-order valence-corrected chi connectivity index (χ1v) is 10.2. The predicted octanol–water partition coefficient (Wildman–Crippen LogP) is 3.78. The zero-order valence-electron chi connectivity index (χ0n) is 16.4. The van der Waals surface area contributed by atoms with Crippen molar-refractivity contribution in [1.29, 1.82) is 0 Å². The van der Waals surface area contributed by atoms with Crippen LogP contribution in [0.1, 0.15) is 11.1 Å². The minimum Gasteiger partial charge on any atom is -0.285 e. The van der Waals surface area contributed by atoms with E-state index in [1.54, 1.807) is 0 Å². The Morgan fingerprint density at radius 2 is 1.48 bits per heavy atom. The van der Waals surface area contributed by atoms with Crippen LogP contribution in [0, 0.1) is 0 Å². The van der Waals surface area contributed by atoms with E-state index in [1.807, 2.05) is 16.8 Å². The SMILES string of the molecule is c1ccc(C[C@H]2CN(Cc3ccccc3)CN2Cn2nnc3ccccc32)cc1. The van der Waals surface area contributed by atoms with Crippen LogP contribution in [-0.4, -0.2) is 44.0 Å².